The van der Waals surface area contributed by atoms with Crippen molar-refractivity contribution in [2.45, 2.75) is 27.3 Å². The number of aromatic amines is 1. The summed E-state index contributed by atoms with van der Waals surface area (Å²) < 4.78 is 0. The second-order valence-electron chi connectivity index (χ2n) is 5.43. The van der Waals surface area contributed by atoms with Gasteiger partial charge >= 0.3 is 0 Å². The van der Waals surface area contributed by atoms with Gasteiger partial charge in [0, 0.05) is 11.6 Å². The Bertz CT molecular complexity index is 838. The fourth-order valence-corrected chi connectivity index (χ4v) is 2.36. The molecule has 0 amide bonds. The number of hydrogen-bond acceptors (Lipinski definition) is 6. The van der Waals surface area contributed by atoms with E-state index in [1.807, 2.05) is 25.1 Å². The smallest absolute Gasteiger partial charge is 0.222 e. The largest absolute Gasteiger partial charge is 0.368 e. The summed E-state index contributed by atoms with van der Waals surface area (Å²) >= 11 is 0. The lowest BCUT2D eigenvalue weighted by Crippen LogP contribution is -2.06. The molecule has 2 heterocycles. The third-order valence-corrected chi connectivity index (χ3v) is 3.70. The van der Waals surface area contributed by atoms with Crippen LogP contribution < -0.4 is 11.1 Å². The molecule has 0 atom stereocenters. The number of nitrogens with zero attached hydrogens (tertiary/aromatic N) is 4. The number of nitrogens with two attached hydrogens (primary N) is 1. The first kappa shape index (κ1) is 15.0. The molecular weight excluding hydrogens is 290 g/mol. The minimum Gasteiger partial charge on any atom is -0.368 e. The van der Waals surface area contributed by atoms with Crippen LogP contribution in [-0.4, -0.2) is 25.1 Å². The van der Waals surface area contributed by atoms with Crippen LogP contribution in [0.2, 0.25) is 0 Å². The number of hydrogen-bond donors (Lipinski definition) is 3. The lowest BCUT2D eigenvalue weighted by Gasteiger charge is -2.10. The van der Waals surface area contributed by atoms with Crippen molar-refractivity contribution < 1.29 is 0 Å². The van der Waals surface area contributed by atoms with Gasteiger partial charge in [-0.25, -0.2) is 9.97 Å². The Morgan fingerprint density at radius 2 is 1.96 bits per heavy atom. The van der Waals surface area contributed by atoms with Gasteiger partial charge in [0.15, 0.2) is 5.82 Å². The standard InChI is InChI=1S/C16H19N7/c1-9-5-4-6-12(10(9)2)13-7-14(21-16(17)20-13)18-8-15-19-11(3)22-23-15/h4-7H,8H2,1-3H3,(H,19,22,23)(H3,17,18,20,21). The highest BCUT2D eigenvalue weighted by molar-refractivity contribution is 5.68. The van der Waals surface area contributed by atoms with E-state index in [1.54, 1.807) is 0 Å². The SMILES string of the molecule is Cc1nc(CNc2cc(-c3cccc(C)c3C)nc(N)n2)n[nH]1. The molecule has 0 unspecified atom stereocenters. The lowest BCUT2D eigenvalue weighted by atomic mass is 10.0. The van der Waals surface area contributed by atoms with Gasteiger partial charge < -0.3 is 11.1 Å². The van der Waals surface area contributed by atoms with Crippen molar-refractivity contribution in [3.05, 3.63) is 47.0 Å². The van der Waals surface area contributed by atoms with Crippen LogP contribution in [0.4, 0.5) is 11.8 Å². The normalized spacial score (nSPS) is 10.7. The summed E-state index contributed by atoms with van der Waals surface area (Å²) in [5.41, 5.74) is 10.1. The Kier molecular flexibility index (Phi) is 3.92. The van der Waals surface area contributed by atoms with Crippen LogP contribution in [0.3, 0.4) is 0 Å². The van der Waals surface area contributed by atoms with Crippen LogP contribution in [0.15, 0.2) is 24.3 Å². The van der Waals surface area contributed by atoms with Gasteiger partial charge in [-0.05, 0) is 31.9 Å². The summed E-state index contributed by atoms with van der Waals surface area (Å²) in [6, 6.07) is 8.01. The van der Waals surface area contributed by atoms with E-state index < -0.39 is 0 Å². The maximum atomic E-state index is 5.86. The first-order valence-corrected chi connectivity index (χ1v) is 7.36. The van der Waals surface area contributed by atoms with Crippen molar-refractivity contribution in [2.24, 2.45) is 0 Å². The predicted molar refractivity (Wildman–Crippen MR) is 89.8 cm³/mol. The molecule has 0 aliphatic carbocycles. The summed E-state index contributed by atoms with van der Waals surface area (Å²) in [7, 11) is 0. The van der Waals surface area contributed by atoms with Crippen LogP contribution in [0.25, 0.3) is 11.3 Å². The average molecular weight is 309 g/mol. The van der Waals surface area contributed by atoms with Gasteiger partial charge in [0.2, 0.25) is 5.95 Å². The van der Waals surface area contributed by atoms with Crippen LogP contribution in [-0.2, 0) is 6.54 Å². The molecule has 0 aliphatic heterocycles. The number of benzene rings is 1. The zero-order valence-electron chi connectivity index (χ0n) is 13.4. The number of aromatic nitrogens is 5. The first-order valence-electron chi connectivity index (χ1n) is 7.36. The highest BCUT2D eigenvalue weighted by Gasteiger charge is 2.09. The zero-order chi connectivity index (χ0) is 16.4. The Labute approximate surface area is 134 Å². The van der Waals surface area contributed by atoms with Crippen molar-refractivity contribution in [1.82, 2.24) is 25.1 Å². The zero-order valence-corrected chi connectivity index (χ0v) is 13.4. The van der Waals surface area contributed by atoms with Gasteiger partial charge in [0.1, 0.15) is 11.6 Å². The van der Waals surface area contributed by atoms with E-state index in [0.29, 0.717) is 18.2 Å². The molecule has 0 radical (unpaired) electrons. The van der Waals surface area contributed by atoms with E-state index >= 15 is 0 Å². The molecule has 4 N–H and O–H groups in total. The number of aryl methyl sites for hydroxylation is 2. The van der Waals surface area contributed by atoms with Gasteiger partial charge in [-0.1, -0.05) is 18.2 Å². The average Bonchev–Trinajstić information content (AvgIpc) is 2.93. The van der Waals surface area contributed by atoms with Gasteiger partial charge in [0.05, 0.1) is 12.2 Å². The van der Waals surface area contributed by atoms with E-state index in [2.05, 4.69) is 50.4 Å². The number of nitrogen functional groups attached to an aromatic ring is 1. The highest BCUT2D eigenvalue weighted by atomic mass is 15.2. The van der Waals surface area contributed by atoms with Crippen LogP contribution in [0, 0.1) is 20.8 Å². The van der Waals surface area contributed by atoms with Gasteiger partial charge in [-0.15, -0.1) is 0 Å². The third-order valence-electron chi connectivity index (χ3n) is 3.70. The van der Waals surface area contributed by atoms with E-state index in [1.165, 1.54) is 11.1 Å². The molecule has 3 rings (SSSR count). The molecule has 0 bridgehead atoms. The predicted octanol–water partition coefficient (Wildman–Crippen LogP) is 2.38. The maximum absolute atomic E-state index is 5.86. The summed E-state index contributed by atoms with van der Waals surface area (Å²) in [5, 5.41) is 10.1. The number of nitrogens with one attached hydrogen (secondary N) is 2. The number of rotatable bonds is 4. The topological polar surface area (TPSA) is 105 Å². The molecule has 1 aromatic carbocycles. The molecule has 0 aliphatic rings. The Morgan fingerprint density at radius 1 is 1.13 bits per heavy atom. The van der Waals surface area contributed by atoms with Gasteiger partial charge in [0.25, 0.3) is 0 Å². The van der Waals surface area contributed by atoms with Gasteiger partial charge in [-0.2, -0.15) is 10.1 Å². The molecule has 7 heteroatoms. The van der Waals surface area contributed by atoms with Gasteiger partial charge in [-0.3, -0.25) is 5.10 Å². The quantitative estimate of drug-likeness (QED) is 0.683. The first-order chi connectivity index (χ1) is 11.0. The van der Waals surface area contributed by atoms with E-state index in [0.717, 1.165) is 17.1 Å². The molecule has 3 aromatic rings. The third kappa shape index (κ3) is 3.28. The molecule has 0 spiro atoms. The number of anilines is 2. The summed E-state index contributed by atoms with van der Waals surface area (Å²) in [6.07, 6.45) is 0. The van der Waals surface area contributed by atoms with Crippen molar-refractivity contribution >= 4 is 11.8 Å². The van der Waals surface area contributed by atoms with Crippen molar-refractivity contribution in [3.63, 3.8) is 0 Å². The Morgan fingerprint density at radius 3 is 2.70 bits per heavy atom. The van der Waals surface area contributed by atoms with Crippen LogP contribution in [0.1, 0.15) is 22.8 Å². The van der Waals surface area contributed by atoms with Crippen LogP contribution in [0.5, 0.6) is 0 Å². The second-order valence-corrected chi connectivity index (χ2v) is 5.43. The maximum Gasteiger partial charge on any atom is 0.222 e. The summed E-state index contributed by atoms with van der Waals surface area (Å²) in [4.78, 5) is 12.8. The molecule has 0 fully saturated rings. The Hall–Kier alpha value is -2.96. The van der Waals surface area contributed by atoms with Crippen molar-refractivity contribution in [3.8, 4) is 11.3 Å². The van der Waals surface area contributed by atoms with Crippen LogP contribution >= 0.6 is 0 Å². The van der Waals surface area contributed by atoms with Crippen molar-refractivity contribution in [1.29, 1.82) is 0 Å². The Balaban J connectivity index is 1.88. The molecule has 7 nitrogen and oxygen atoms in total. The minimum absolute atomic E-state index is 0.233. The highest BCUT2D eigenvalue weighted by Crippen LogP contribution is 2.26. The second kappa shape index (κ2) is 6.04. The minimum atomic E-state index is 0.233. The monoisotopic (exact) mass is 309 g/mol. The summed E-state index contributed by atoms with van der Waals surface area (Å²) in [6.45, 7) is 6.48. The molecular formula is C16H19N7. The molecule has 2 aromatic heterocycles. The fourth-order valence-electron chi connectivity index (χ4n) is 2.36. The van der Waals surface area contributed by atoms with E-state index in [-0.39, 0.29) is 5.95 Å². The van der Waals surface area contributed by atoms with E-state index in [4.69, 9.17) is 5.73 Å². The molecule has 23 heavy (non-hydrogen) atoms. The lowest BCUT2D eigenvalue weighted by molar-refractivity contribution is 0.945. The van der Waals surface area contributed by atoms with E-state index in [9.17, 15) is 0 Å². The fraction of sp³-hybridized carbons (Fsp3) is 0.250. The number of H-pyrrole nitrogens is 1. The molecule has 118 valence electrons. The molecule has 0 saturated heterocycles. The molecule has 0 saturated carbocycles. The summed E-state index contributed by atoms with van der Waals surface area (Å²) in [5.74, 6) is 2.33. The van der Waals surface area contributed by atoms with Crippen molar-refractivity contribution in [2.75, 3.05) is 11.1 Å².